The van der Waals surface area contributed by atoms with Crippen molar-refractivity contribution in [2.75, 3.05) is 24.8 Å². The summed E-state index contributed by atoms with van der Waals surface area (Å²) in [6.07, 6.45) is 4.27. The maximum Gasteiger partial charge on any atom is 0.208 e. The molecule has 5 nitrogen and oxygen atoms in total. The van der Waals surface area contributed by atoms with Crippen molar-refractivity contribution >= 4 is 19.9 Å². The fourth-order valence-electron chi connectivity index (χ4n) is 0.924. The monoisotopic (exact) mass is 243 g/mol. The summed E-state index contributed by atoms with van der Waals surface area (Å²) >= 11 is 0. The predicted octanol–water partition coefficient (Wildman–Crippen LogP) is -0.249. The highest BCUT2D eigenvalue weighted by atomic mass is 32.2. The zero-order chi connectivity index (χ0) is 11.2. The second kappa shape index (κ2) is 5.67. The Balaban J connectivity index is 3.41. The van der Waals surface area contributed by atoms with E-state index >= 15 is 0 Å². The highest BCUT2D eigenvalue weighted by Crippen LogP contribution is 1.97. The molecule has 0 radical (unpaired) electrons. The normalized spacial score (nSPS) is 13.0. The lowest BCUT2D eigenvalue weighted by Crippen LogP contribution is -2.22. The molecule has 0 bridgehead atoms. The number of hydrogen-bond donors (Lipinski definition) is 1. The highest BCUT2D eigenvalue weighted by molar-refractivity contribution is 7.90. The Labute approximate surface area is 85.9 Å². The first-order valence-electron chi connectivity index (χ1n) is 4.33. The molecule has 0 amide bonds. The molecular formula is C7H17NO4S2. The van der Waals surface area contributed by atoms with Gasteiger partial charge in [0.15, 0.2) is 0 Å². The molecule has 0 spiro atoms. The minimum atomic E-state index is -3.11. The van der Waals surface area contributed by atoms with Gasteiger partial charge in [0.05, 0.1) is 6.26 Å². The second-order valence-corrected chi connectivity index (χ2v) is 7.45. The van der Waals surface area contributed by atoms with Crippen molar-refractivity contribution < 1.29 is 16.8 Å². The number of sulfone groups is 1. The van der Waals surface area contributed by atoms with Crippen LogP contribution in [0.2, 0.25) is 0 Å². The minimum absolute atomic E-state index is 0.172. The summed E-state index contributed by atoms with van der Waals surface area (Å²) in [5.41, 5.74) is 0. The maximum atomic E-state index is 10.7. The Bertz CT molecular complexity index is 308. The van der Waals surface area contributed by atoms with Gasteiger partial charge >= 0.3 is 0 Å². The molecule has 86 valence electrons. The van der Waals surface area contributed by atoms with Crippen molar-refractivity contribution in [2.45, 2.75) is 19.3 Å². The Hall–Kier alpha value is -0.140. The number of hydrogen-bond acceptors (Lipinski definition) is 4. The van der Waals surface area contributed by atoms with Crippen LogP contribution in [0.25, 0.3) is 0 Å². The van der Waals surface area contributed by atoms with Crippen LogP contribution in [0.3, 0.4) is 0 Å². The van der Waals surface area contributed by atoms with Gasteiger partial charge in [0.25, 0.3) is 0 Å². The molecule has 0 atom stereocenters. The van der Waals surface area contributed by atoms with Gasteiger partial charge in [-0.05, 0) is 12.8 Å². The highest BCUT2D eigenvalue weighted by Gasteiger charge is 2.02. The topological polar surface area (TPSA) is 80.3 Å². The lowest BCUT2D eigenvalue weighted by Gasteiger charge is -2.01. The fourth-order valence-corrected chi connectivity index (χ4v) is 2.17. The molecule has 0 saturated carbocycles. The summed E-state index contributed by atoms with van der Waals surface area (Å²) in [6, 6.07) is 0. The molecule has 14 heavy (non-hydrogen) atoms. The van der Waals surface area contributed by atoms with Crippen LogP contribution < -0.4 is 4.72 Å². The van der Waals surface area contributed by atoms with Gasteiger partial charge in [0, 0.05) is 18.6 Å². The first-order valence-corrected chi connectivity index (χ1v) is 8.28. The summed E-state index contributed by atoms with van der Waals surface area (Å²) in [6.45, 7) is 0.378. The van der Waals surface area contributed by atoms with Crippen molar-refractivity contribution in [1.82, 2.24) is 4.72 Å². The number of unbranched alkanes of at least 4 members (excludes halogenated alkanes) is 2. The molecule has 0 aromatic heterocycles. The van der Waals surface area contributed by atoms with Gasteiger partial charge < -0.3 is 0 Å². The quantitative estimate of drug-likeness (QED) is 0.625. The van der Waals surface area contributed by atoms with Crippen LogP contribution in [0, 0.1) is 0 Å². The molecule has 0 aliphatic carbocycles. The summed E-state index contributed by atoms with van der Waals surface area (Å²) < 4.78 is 45.0. The van der Waals surface area contributed by atoms with Gasteiger partial charge in [-0.2, -0.15) is 0 Å². The SMILES string of the molecule is CS(=O)(=O)CCCCCNS(C)(=O)=O. The van der Waals surface area contributed by atoms with Gasteiger partial charge in [-0.1, -0.05) is 6.42 Å². The van der Waals surface area contributed by atoms with E-state index in [0.717, 1.165) is 12.7 Å². The van der Waals surface area contributed by atoms with Crippen LogP contribution in [0.5, 0.6) is 0 Å². The van der Waals surface area contributed by atoms with Gasteiger partial charge in [0.2, 0.25) is 10.0 Å². The molecule has 0 heterocycles. The number of nitrogens with one attached hydrogen (secondary N) is 1. The van der Waals surface area contributed by atoms with E-state index < -0.39 is 19.9 Å². The average Bonchev–Trinajstić information content (AvgIpc) is 1.92. The molecule has 0 rings (SSSR count). The second-order valence-electron chi connectivity index (χ2n) is 3.36. The van der Waals surface area contributed by atoms with Crippen molar-refractivity contribution in [3.8, 4) is 0 Å². The van der Waals surface area contributed by atoms with Gasteiger partial charge in [-0.3, -0.25) is 0 Å². The van der Waals surface area contributed by atoms with Crippen molar-refractivity contribution in [2.24, 2.45) is 0 Å². The van der Waals surface area contributed by atoms with Gasteiger partial charge in [0.1, 0.15) is 9.84 Å². The third-order valence-corrected chi connectivity index (χ3v) is 3.31. The van der Waals surface area contributed by atoms with E-state index in [4.69, 9.17) is 0 Å². The van der Waals surface area contributed by atoms with E-state index in [-0.39, 0.29) is 5.75 Å². The zero-order valence-corrected chi connectivity index (χ0v) is 10.1. The van der Waals surface area contributed by atoms with Crippen molar-refractivity contribution in [3.05, 3.63) is 0 Å². The molecule has 0 saturated heterocycles. The van der Waals surface area contributed by atoms with Crippen LogP contribution in [0.15, 0.2) is 0 Å². The first-order chi connectivity index (χ1) is 6.21. The minimum Gasteiger partial charge on any atom is -0.229 e. The largest absolute Gasteiger partial charge is 0.229 e. The molecule has 0 aromatic carbocycles. The molecule has 1 N–H and O–H groups in total. The lowest BCUT2D eigenvalue weighted by molar-refractivity contribution is 0.578. The average molecular weight is 243 g/mol. The third kappa shape index (κ3) is 11.9. The smallest absolute Gasteiger partial charge is 0.208 e. The zero-order valence-electron chi connectivity index (χ0n) is 8.49. The van der Waals surface area contributed by atoms with E-state index in [1.807, 2.05) is 0 Å². The van der Waals surface area contributed by atoms with Crippen molar-refractivity contribution in [1.29, 1.82) is 0 Å². The standard InChI is InChI=1S/C7H17NO4S2/c1-13(9,10)7-5-3-4-6-8-14(2,11)12/h8H,3-7H2,1-2H3. The first kappa shape index (κ1) is 13.9. The summed E-state index contributed by atoms with van der Waals surface area (Å²) in [5, 5.41) is 0. The Morgan fingerprint density at radius 2 is 1.50 bits per heavy atom. The number of rotatable bonds is 7. The Morgan fingerprint density at radius 1 is 0.929 bits per heavy atom. The van der Waals surface area contributed by atoms with E-state index in [2.05, 4.69) is 4.72 Å². The molecule has 0 aliphatic heterocycles. The molecule has 0 aromatic rings. The van der Waals surface area contributed by atoms with Gasteiger partial charge in [-0.15, -0.1) is 0 Å². The summed E-state index contributed by atoms with van der Waals surface area (Å²) in [5.74, 6) is 0.172. The maximum absolute atomic E-state index is 10.7. The van der Waals surface area contributed by atoms with Crippen LogP contribution in [0.4, 0.5) is 0 Å². The van der Waals surface area contributed by atoms with Gasteiger partial charge in [-0.25, -0.2) is 21.6 Å². The summed E-state index contributed by atoms with van der Waals surface area (Å²) in [4.78, 5) is 0. The van der Waals surface area contributed by atoms with Crippen LogP contribution in [-0.4, -0.2) is 41.6 Å². The van der Waals surface area contributed by atoms with E-state index in [1.165, 1.54) is 6.26 Å². The van der Waals surface area contributed by atoms with Crippen LogP contribution >= 0.6 is 0 Å². The van der Waals surface area contributed by atoms with E-state index in [0.29, 0.717) is 19.4 Å². The molecule has 0 fully saturated rings. The molecule has 0 aliphatic rings. The molecular weight excluding hydrogens is 226 g/mol. The summed E-state index contributed by atoms with van der Waals surface area (Å²) in [7, 11) is -5.99. The van der Waals surface area contributed by atoms with Crippen LogP contribution in [-0.2, 0) is 19.9 Å². The predicted molar refractivity (Wildman–Crippen MR) is 56.4 cm³/mol. The van der Waals surface area contributed by atoms with Crippen molar-refractivity contribution in [3.63, 3.8) is 0 Å². The Kier molecular flexibility index (Phi) is 5.61. The van der Waals surface area contributed by atoms with E-state index in [1.54, 1.807) is 0 Å². The fraction of sp³-hybridized carbons (Fsp3) is 1.00. The van der Waals surface area contributed by atoms with Crippen LogP contribution in [0.1, 0.15) is 19.3 Å². The Morgan fingerprint density at radius 3 is 1.93 bits per heavy atom. The third-order valence-electron chi connectivity index (χ3n) is 1.56. The lowest BCUT2D eigenvalue weighted by atomic mass is 10.2. The molecule has 7 heteroatoms. The number of sulfonamides is 1. The van der Waals surface area contributed by atoms with E-state index in [9.17, 15) is 16.8 Å². The molecule has 0 unspecified atom stereocenters.